The fraction of sp³-hybridized carbons (Fsp3) is 0.500. The summed E-state index contributed by atoms with van der Waals surface area (Å²) in [6.45, 7) is 2.23. The van der Waals surface area contributed by atoms with Crippen molar-refractivity contribution in [3.63, 3.8) is 0 Å². The van der Waals surface area contributed by atoms with E-state index in [1.165, 1.54) is 12.1 Å². The molecule has 2 rings (SSSR count). The predicted molar refractivity (Wildman–Crippen MR) is 76.2 cm³/mol. The number of halogens is 2. The quantitative estimate of drug-likeness (QED) is 0.930. The lowest BCUT2D eigenvalue weighted by Gasteiger charge is -2.37. The summed E-state index contributed by atoms with van der Waals surface area (Å²) < 4.78 is 26.7. The first-order chi connectivity index (χ1) is 10.4. The lowest BCUT2D eigenvalue weighted by atomic mass is 9.90. The number of aryl methyl sites for hydroxylation is 1. The number of hydrogen-bond acceptors (Lipinski definition) is 2. The van der Waals surface area contributed by atoms with Gasteiger partial charge >= 0.3 is 5.97 Å². The minimum Gasteiger partial charge on any atom is -0.481 e. The molecule has 6 heteroatoms. The molecule has 1 saturated heterocycles. The van der Waals surface area contributed by atoms with Gasteiger partial charge in [0.25, 0.3) is 0 Å². The molecule has 1 amide bonds. The normalized spacial score (nSPS) is 21.7. The summed E-state index contributed by atoms with van der Waals surface area (Å²) in [5.74, 6) is -3.54. The molecule has 1 N–H and O–H groups in total. The van der Waals surface area contributed by atoms with Crippen molar-refractivity contribution < 1.29 is 23.5 Å². The standard InChI is InChI=1S/C16H19F2NO3/c1-10-12(16(21)22)5-3-9-19(10)14(20)8-7-11-4-2-6-13(17)15(11)18/h2,4,6,10,12H,3,5,7-9H2,1H3,(H,21,22)/t10-,12-/m1/s1. The van der Waals surface area contributed by atoms with E-state index >= 15 is 0 Å². The zero-order chi connectivity index (χ0) is 16.3. The number of rotatable bonds is 4. The number of piperidine rings is 1. The van der Waals surface area contributed by atoms with Gasteiger partial charge in [-0.2, -0.15) is 0 Å². The maximum Gasteiger partial charge on any atom is 0.308 e. The highest BCUT2D eigenvalue weighted by atomic mass is 19.2. The summed E-state index contributed by atoms with van der Waals surface area (Å²) in [6, 6.07) is 3.51. The van der Waals surface area contributed by atoms with Crippen LogP contribution in [0.2, 0.25) is 0 Å². The summed E-state index contributed by atoms with van der Waals surface area (Å²) >= 11 is 0. The Morgan fingerprint density at radius 3 is 2.77 bits per heavy atom. The molecule has 1 aliphatic heterocycles. The molecule has 1 aromatic rings. The van der Waals surface area contributed by atoms with Crippen LogP contribution in [0.5, 0.6) is 0 Å². The van der Waals surface area contributed by atoms with E-state index in [1.807, 2.05) is 0 Å². The molecule has 0 aromatic heterocycles. The summed E-state index contributed by atoms with van der Waals surface area (Å²) in [6.07, 6.45) is 1.33. The van der Waals surface area contributed by atoms with E-state index < -0.39 is 23.5 Å². The average molecular weight is 311 g/mol. The first kappa shape index (κ1) is 16.4. The molecule has 0 saturated carbocycles. The van der Waals surface area contributed by atoms with Gasteiger partial charge in [-0.3, -0.25) is 9.59 Å². The summed E-state index contributed by atoms with van der Waals surface area (Å²) in [5, 5.41) is 9.15. The molecular formula is C16H19F2NO3. The number of carboxylic acid groups (broad SMARTS) is 1. The van der Waals surface area contributed by atoms with Gasteiger partial charge in [-0.15, -0.1) is 0 Å². The molecule has 4 nitrogen and oxygen atoms in total. The number of benzene rings is 1. The highest BCUT2D eigenvalue weighted by molar-refractivity contribution is 5.79. The monoisotopic (exact) mass is 311 g/mol. The number of amides is 1. The number of likely N-dealkylation sites (tertiary alicyclic amines) is 1. The Kier molecular flexibility index (Phi) is 5.11. The van der Waals surface area contributed by atoms with Crippen LogP contribution in [0.15, 0.2) is 18.2 Å². The van der Waals surface area contributed by atoms with Crippen molar-refractivity contribution in [2.75, 3.05) is 6.54 Å². The first-order valence-electron chi connectivity index (χ1n) is 7.37. The summed E-state index contributed by atoms with van der Waals surface area (Å²) in [7, 11) is 0. The van der Waals surface area contributed by atoms with Crippen molar-refractivity contribution in [1.82, 2.24) is 4.90 Å². The molecule has 1 aliphatic rings. The van der Waals surface area contributed by atoms with Gasteiger partial charge in [-0.05, 0) is 37.8 Å². The predicted octanol–water partition coefficient (Wildman–Crippen LogP) is 2.61. The van der Waals surface area contributed by atoms with Crippen molar-refractivity contribution in [3.05, 3.63) is 35.4 Å². The highest BCUT2D eigenvalue weighted by Gasteiger charge is 2.35. The molecule has 1 heterocycles. The van der Waals surface area contributed by atoms with Crippen LogP contribution in [-0.2, 0) is 16.0 Å². The Labute approximate surface area is 127 Å². The van der Waals surface area contributed by atoms with E-state index in [0.717, 1.165) is 6.07 Å². The minimum absolute atomic E-state index is 0.0387. The van der Waals surface area contributed by atoms with Crippen LogP contribution in [-0.4, -0.2) is 34.5 Å². The minimum atomic E-state index is -0.928. The van der Waals surface area contributed by atoms with Gasteiger partial charge in [-0.1, -0.05) is 12.1 Å². The van der Waals surface area contributed by atoms with Gasteiger partial charge in [0.2, 0.25) is 5.91 Å². The number of carboxylic acids is 1. The van der Waals surface area contributed by atoms with Crippen molar-refractivity contribution in [2.45, 2.75) is 38.6 Å². The summed E-state index contributed by atoms with van der Waals surface area (Å²) in [5.41, 5.74) is 0.160. The molecule has 0 spiro atoms. The second-order valence-electron chi connectivity index (χ2n) is 5.63. The van der Waals surface area contributed by atoms with E-state index in [-0.39, 0.29) is 30.4 Å². The Morgan fingerprint density at radius 1 is 1.36 bits per heavy atom. The fourth-order valence-electron chi connectivity index (χ4n) is 2.95. The Hall–Kier alpha value is -1.98. The third-order valence-electron chi connectivity index (χ3n) is 4.27. The third kappa shape index (κ3) is 3.43. The molecule has 1 aromatic carbocycles. The maximum atomic E-state index is 13.6. The Bertz CT molecular complexity index is 577. The van der Waals surface area contributed by atoms with Gasteiger partial charge in [-0.25, -0.2) is 8.78 Å². The highest BCUT2D eigenvalue weighted by Crippen LogP contribution is 2.25. The second kappa shape index (κ2) is 6.85. The van der Waals surface area contributed by atoms with E-state index in [2.05, 4.69) is 0 Å². The second-order valence-corrected chi connectivity index (χ2v) is 5.63. The van der Waals surface area contributed by atoms with Crippen LogP contribution >= 0.6 is 0 Å². The number of carbonyl (C=O) groups excluding carboxylic acids is 1. The molecule has 22 heavy (non-hydrogen) atoms. The molecule has 1 fully saturated rings. The van der Waals surface area contributed by atoms with E-state index in [4.69, 9.17) is 5.11 Å². The molecule has 2 atom stereocenters. The number of hydrogen-bond donors (Lipinski definition) is 1. The van der Waals surface area contributed by atoms with Crippen molar-refractivity contribution >= 4 is 11.9 Å². The van der Waals surface area contributed by atoms with Gasteiger partial charge < -0.3 is 10.0 Å². The van der Waals surface area contributed by atoms with Gasteiger partial charge in [0.05, 0.1) is 5.92 Å². The van der Waals surface area contributed by atoms with E-state index in [0.29, 0.717) is 19.4 Å². The number of aliphatic carboxylic acids is 1. The van der Waals surface area contributed by atoms with Gasteiger partial charge in [0.1, 0.15) is 0 Å². The molecule has 0 unspecified atom stereocenters. The maximum absolute atomic E-state index is 13.6. The molecule has 0 bridgehead atoms. The molecule has 0 aliphatic carbocycles. The largest absolute Gasteiger partial charge is 0.481 e. The zero-order valence-electron chi connectivity index (χ0n) is 12.4. The zero-order valence-corrected chi connectivity index (χ0v) is 12.4. The van der Waals surface area contributed by atoms with Crippen molar-refractivity contribution in [3.8, 4) is 0 Å². The van der Waals surface area contributed by atoms with E-state index in [9.17, 15) is 18.4 Å². The Balaban J connectivity index is 2.00. The smallest absolute Gasteiger partial charge is 0.308 e. The van der Waals surface area contributed by atoms with Gasteiger partial charge in [0, 0.05) is 19.0 Å². The number of nitrogens with zero attached hydrogens (tertiary/aromatic N) is 1. The van der Waals surface area contributed by atoms with E-state index in [1.54, 1.807) is 11.8 Å². The Morgan fingerprint density at radius 2 is 2.09 bits per heavy atom. The van der Waals surface area contributed by atoms with Crippen LogP contribution in [0, 0.1) is 17.6 Å². The SMILES string of the molecule is C[C@@H]1[C@H](C(=O)O)CCCN1C(=O)CCc1cccc(F)c1F. The molecular weight excluding hydrogens is 292 g/mol. The summed E-state index contributed by atoms with van der Waals surface area (Å²) in [4.78, 5) is 25.0. The van der Waals surface area contributed by atoms with Crippen LogP contribution < -0.4 is 0 Å². The topological polar surface area (TPSA) is 57.6 Å². The average Bonchev–Trinajstić information content (AvgIpc) is 2.48. The lowest BCUT2D eigenvalue weighted by Crippen LogP contribution is -2.49. The molecule has 0 radical (unpaired) electrons. The third-order valence-corrected chi connectivity index (χ3v) is 4.27. The lowest BCUT2D eigenvalue weighted by molar-refractivity contribution is -0.149. The fourth-order valence-corrected chi connectivity index (χ4v) is 2.95. The van der Waals surface area contributed by atoms with Crippen LogP contribution in [0.3, 0.4) is 0 Å². The van der Waals surface area contributed by atoms with Crippen LogP contribution in [0.25, 0.3) is 0 Å². The van der Waals surface area contributed by atoms with Crippen molar-refractivity contribution in [2.24, 2.45) is 5.92 Å². The van der Waals surface area contributed by atoms with Gasteiger partial charge in [0.15, 0.2) is 11.6 Å². The van der Waals surface area contributed by atoms with Crippen molar-refractivity contribution in [1.29, 1.82) is 0 Å². The van der Waals surface area contributed by atoms with Crippen LogP contribution in [0.1, 0.15) is 31.7 Å². The van der Waals surface area contributed by atoms with Crippen LogP contribution in [0.4, 0.5) is 8.78 Å². The number of carbonyl (C=O) groups is 2. The molecule has 120 valence electrons. The first-order valence-corrected chi connectivity index (χ1v) is 7.37.